The van der Waals surface area contributed by atoms with Crippen LogP contribution in [0.5, 0.6) is 0 Å². The minimum Gasteiger partial charge on any atom is -0.480 e. The van der Waals surface area contributed by atoms with Crippen molar-refractivity contribution >= 4 is 45.0 Å². The highest BCUT2D eigenvalue weighted by atomic mass is 33.1. The number of hydrogen-bond donors (Lipinski definition) is 1. The SMILES string of the molecule is C[C@H](CC(=O)O[C@H]1CC[C@@]2(C)C(=CC[C@@H]3[C@@H]2CC[C@]2(C)C(c4cccnc4)=CC[C@@H]32)C1)SS[C@@H](C)CC(=O)N(CC(=O)O)Cc1ccccc1. The molecule has 2 aromatic rings. The average Bonchev–Trinajstić information content (AvgIpc) is 3.45. The van der Waals surface area contributed by atoms with Crippen molar-refractivity contribution in [2.45, 2.75) is 109 Å². The molecular formula is C41H52N2O5S2. The Bertz CT molecular complexity index is 1600. The van der Waals surface area contributed by atoms with E-state index in [1.165, 1.54) is 34.5 Å². The Kier molecular flexibility index (Phi) is 11.5. The van der Waals surface area contributed by atoms with E-state index >= 15 is 0 Å². The Labute approximate surface area is 305 Å². The number of carbonyl (C=O) groups is 3. The molecule has 1 amide bonds. The van der Waals surface area contributed by atoms with Gasteiger partial charge in [-0.05, 0) is 89.9 Å². The van der Waals surface area contributed by atoms with Crippen molar-refractivity contribution in [2.75, 3.05) is 6.54 Å². The van der Waals surface area contributed by atoms with Gasteiger partial charge in [0.25, 0.3) is 0 Å². The monoisotopic (exact) mass is 716 g/mol. The van der Waals surface area contributed by atoms with Crippen LogP contribution >= 0.6 is 21.6 Å². The van der Waals surface area contributed by atoms with Gasteiger partial charge in [-0.15, -0.1) is 0 Å². The van der Waals surface area contributed by atoms with Crippen LogP contribution in [0.2, 0.25) is 0 Å². The number of nitrogens with zero attached hydrogens (tertiary/aromatic N) is 2. The molecule has 0 unspecified atom stereocenters. The molecule has 0 bridgehead atoms. The van der Waals surface area contributed by atoms with Crippen LogP contribution in [-0.2, 0) is 25.7 Å². The molecule has 4 aliphatic carbocycles. The van der Waals surface area contributed by atoms with Crippen LogP contribution in [0.3, 0.4) is 0 Å². The number of carboxylic acids is 1. The molecule has 9 heteroatoms. The number of aliphatic carboxylic acids is 1. The molecule has 1 aromatic heterocycles. The summed E-state index contributed by atoms with van der Waals surface area (Å²) in [6.07, 6.45) is 17.0. The summed E-state index contributed by atoms with van der Waals surface area (Å²) in [5.41, 5.74) is 5.58. The Balaban J connectivity index is 0.965. The second-order valence-corrected chi connectivity index (χ2v) is 18.7. The van der Waals surface area contributed by atoms with E-state index in [0.717, 1.165) is 37.7 Å². The van der Waals surface area contributed by atoms with Gasteiger partial charge in [-0.2, -0.15) is 0 Å². The highest BCUT2D eigenvalue weighted by molar-refractivity contribution is 8.77. The summed E-state index contributed by atoms with van der Waals surface area (Å²) in [6.45, 7) is 8.92. The first kappa shape index (κ1) is 36.7. The number of amides is 1. The smallest absolute Gasteiger partial charge is 0.323 e. The highest BCUT2D eigenvalue weighted by Gasteiger charge is 2.57. The zero-order valence-corrected chi connectivity index (χ0v) is 31.5. The number of pyridine rings is 1. The second-order valence-electron chi connectivity index (χ2n) is 15.5. The van der Waals surface area contributed by atoms with Gasteiger partial charge < -0.3 is 14.7 Å². The number of benzene rings is 1. The van der Waals surface area contributed by atoms with Gasteiger partial charge in [-0.25, -0.2) is 0 Å². The lowest BCUT2D eigenvalue weighted by molar-refractivity contribution is -0.151. The lowest BCUT2D eigenvalue weighted by Crippen LogP contribution is -2.50. The number of carbonyl (C=O) groups excluding carboxylic acids is 2. The second kappa shape index (κ2) is 15.7. The fourth-order valence-corrected chi connectivity index (χ4v) is 11.9. The van der Waals surface area contributed by atoms with Gasteiger partial charge >= 0.3 is 11.9 Å². The Morgan fingerprint density at radius 3 is 2.40 bits per heavy atom. The van der Waals surface area contributed by atoms with E-state index in [-0.39, 0.29) is 58.8 Å². The van der Waals surface area contributed by atoms with Crippen molar-refractivity contribution in [1.29, 1.82) is 0 Å². The predicted molar refractivity (Wildman–Crippen MR) is 202 cm³/mol. The van der Waals surface area contributed by atoms with Crippen LogP contribution in [0, 0.1) is 28.6 Å². The summed E-state index contributed by atoms with van der Waals surface area (Å²) >= 11 is 0. The first-order valence-corrected chi connectivity index (χ1v) is 20.6. The average molecular weight is 717 g/mol. The topological polar surface area (TPSA) is 96.8 Å². The van der Waals surface area contributed by atoms with Crippen molar-refractivity contribution in [2.24, 2.45) is 28.6 Å². The maximum absolute atomic E-state index is 13.1. The maximum atomic E-state index is 13.1. The van der Waals surface area contributed by atoms with Gasteiger partial charge in [0.15, 0.2) is 0 Å². The van der Waals surface area contributed by atoms with Crippen molar-refractivity contribution in [3.8, 4) is 0 Å². The van der Waals surface area contributed by atoms with Crippen molar-refractivity contribution in [3.05, 3.63) is 83.7 Å². The van der Waals surface area contributed by atoms with E-state index in [2.05, 4.69) is 43.1 Å². The lowest BCUT2D eigenvalue weighted by Gasteiger charge is -2.57. The van der Waals surface area contributed by atoms with Crippen molar-refractivity contribution in [1.82, 2.24) is 9.88 Å². The first-order chi connectivity index (χ1) is 24.0. The van der Waals surface area contributed by atoms with Crippen LogP contribution in [0.15, 0.2) is 72.6 Å². The molecule has 0 radical (unpaired) electrons. The highest BCUT2D eigenvalue weighted by Crippen LogP contribution is 2.66. The number of rotatable bonds is 13. The summed E-state index contributed by atoms with van der Waals surface area (Å²) in [5.74, 6) is 0.660. The standard InChI is InChI=1S/C41H52N2O5S2/c1-27(21-37(44)43(26-38(45)46)25-29-9-6-5-7-10-29)49-50-28(2)22-39(47)48-32-16-18-40(3)31(23-32)12-13-33-35-15-14-34(30-11-8-20-42-24-30)41(35,4)19-17-36(33)40/h5-12,14,20,24,27-28,32-33,35-36H,13,15-19,21-23,25-26H2,1-4H3,(H,45,46)/t27-,28+,32-,33-,35-,36-,40-,41+/m0/s1. The Morgan fingerprint density at radius 2 is 1.68 bits per heavy atom. The molecule has 1 heterocycles. The van der Waals surface area contributed by atoms with E-state index in [1.54, 1.807) is 21.6 Å². The van der Waals surface area contributed by atoms with Gasteiger partial charge in [0.1, 0.15) is 12.6 Å². The van der Waals surface area contributed by atoms with E-state index in [0.29, 0.717) is 24.2 Å². The number of esters is 1. The van der Waals surface area contributed by atoms with Gasteiger partial charge in [-0.3, -0.25) is 19.4 Å². The summed E-state index contributed by atoms with van der Waals surface area (Å²) in [4.78, 5) is 43.4. The van der Waals surface area contributed by atoms with Gasteiger partial charge in [0.05, 0.1) is 6.42 Å². The third-order valence-corrected chi connectivity index (χ3v) is 15.5. The Morgan fingerprint density at radius 1 is 0.940 bits per heavy atom. The predicted octanol–water partition coefficient (Wildman–Crippen LogP) is 9.00. The van der Waals surface area contributed by atoms with Gasteiger partial charge in [0, 0.05) is 42.3 Å². The van der Waals surface area contributed by atoms with Crippen LogP contribution in [0.1, 0.15) is 96.6 Å². The fraction of sp³-hybridized carbons (Fsp3) is 0.561. The summed E-state index contributed by atoms with van der Waals surface area (Å²) < 4.78 is 6.10. The van der Waals surface area contributed by atoms with Crippen molar-refractivity contribution in [3.63, 3.8) is 0 Å². The van der Waals surface area contributed by atoms with E-state index in [4.69, 9.17) is 4.74 Å². The van der Waals surface area contributed by atoms with Crippen LogP contribution < -0.4 is 0 Å². The molecule has 4 aliphatic rings. The first-order valence-electron chi connectivity index (χ1n) is 18.3. The molecule has 1 N–H and O–H groups in total. The van der Waals surface area contributed by atoms with E-state index in [1.807, 2.05) is 56.6 Å². The molecule has 8 atom stereocenters. The third-order valence-electron chi connectivity index (χ3n) is 12.1. The van der Waals surface area contributed by atoms with Crippen LogP contribution in [-0.4, -0.2) is 56.0 Å². The number of aromatic nitrogens is 1. The zero-order chi connectivity index (χ0) is 35.5. The van der Waals surface area contributed by atoms with Crippen LogP contribution in [0.25, 0.3) is 5.57 Å². The third kappa shape index (κ3) is 8.04. The quantitative estimate of drug-likeness (QED) is 0.125. The molecule has 2 fully saturated rings. The molecular weight excluding hydrogens is 665 g/mol. The minimum absolute atomic E-state index is 0.0288. The molecule has 7 nitrogen and oxygen atoms in total. The van der Waals surface area contributed by atoms with Gasteiger partial charge in [-0.1, -0.05) is 103 Å². The molecule has 0 spiro atoms. The molecule has 50 heavy (non-hydrogen) atoms. The molecule has 1 aromatic carbocycles. The largest absolute Gasteiger partial charge is 0.480 e. The molecule has 0 saturated heterocycles. The fourth-order valence-electron chi connectivity index (χ4n) is 9.57. The van der Waals surface area contributed by atoms with Crippen molar-refractivity contribution < 1.29 is 24.2 Å². The zero-order valence-electron chi connectivity index (χ0n) is 29.9. The minimum atomic E-state index is -1.03. The number of carboxylic acid groups (broad SMARTS) is 1. The summed E-state index contributed by atoms with van der Waals surface area (Å²) in [7, 11) is 3.16. The molecule has 268 valence electrons. The van der Waals surface area contributed by atoms with E-state index < -0.39 is 5.97 Å². The summed E-state index contributed by atoms with van der Waals surface area (Å²) in [5, 5.41) is 9.36. The van der Waals surface area contributed by atoms with Crippen LogP contribution in [0.4, 0.5) is 0 Å². The lowest BCUT2D eigenvalue weighted by atomic mass is 9.47. The van der Waals surface area contributed by atoms with E-state index in [9.17, 15) is 19.5 Å². The number of fused-ring (bicyclic) bond motifs is 5. The number of allylic oxidation sites excluding steroid dienone is 3. The molecule has 6 rings (SSSR count). The Hall–Kier alpha value is -3.04. The maximum Gasteiger partial charge on any atom is 0.323 e. The summed E-state index contributed by atoms with van der Waals surface area (Å²) in [6, 6.07) is 13.7. The normalized spacial score (nSPS) is 29.7. The number of hydrogen-bond acceptors (Lipinski definition) is 7. The van der Waals surface area contributed by atoms with Gasteiger partial charge in [0.2, 0.25) is 5.91 Å². The molecule has 2 saturated carbocycles. The molecule has 0 aliphatic heterocycles. The number of ether oxygens (including phenoxy) is 1.